The molecule has 0 spiro atoms. The van der Waals surface area contributed by atoms with E-state index in [9.17, 15) is 4.39 Å². The normalized spacial score (nSPS) is 15.6. The smallest absolute Gasteiger partial charge is 0.145 e. The molecule has 3 N–H and O–H groups in total. The molecule has 66 valence electrons. The Morgan fingerprint density at radius 1 is 1.42 bits per heavy atom. The molecule has 0 aromatic heterocycles. The summed E-state index contributed by atoms with van der Waals surface area (Å²) >= 11 is 0. The minimum absolute atomic E-state index is 0.0578. The van der Waals surface area contributed by atoms with Crippen LogP contribution in [-0.2, 0) is 5.67 Å². The molecule has 0 amide bonds. The summed E-state index contributed by atoms with van der Waals surface area (Å²) in [6.07, 6.45) is 0. The van der Waals surface area contributed by atoms with Gasteiger partial charge in [-0.2, -0.15) is 0 Å². The van der Waals surface area contributed by atoms with E-state index in [4.69, 9.17) is 10.8 Å². The molecule has 12 heavy (non-hydrogen) atoms. The van der Waals surface area contributed by atoms with Crippen LogP contribution >= 0.6 is 0 Å². The summed E-state index contributed by atoms with van der Waals surface area (Å²) in [6.45, 7) is 1.36. The number of alkyl halides is 1. The molecule has 0 bridgehead atoms. The van der Waals surface area contributed by atoms with Crippen molar-refractivity contribution in [1.82, 2.24) is 0 Å². The number of phenolic OH excluding ortho intramolecular Hbond substituents is 1. The first-order valence-electron chi connectivity index (χ1n) is 3.75. The van der Waals surface area contributed by atoms with Gasteiger partial charge in [0.15, 0.2) is 0 Å². The van der Waals surface area contributed by atoms with Gasteiger partial charge in [-0.05, 0) is 24.6 Å². The number of phenols is 1. The summed E-state index contributed by atoms with van der Waals surface area (Å²) in [5.41, 5.74) is 4.22. The van der Waals surface area contributed by atoms with Gasteiger partial charge in [0.05, 0.1) is 0 Å². The average molecular weight is 169 g/mol. The second kappa shape index (κ2) is 3.11. The standard InChI is InChI=1S/C9H12FNO/c1-9(10,6-11)7-2-4-8(12)5-3-7/h2-5,12H,6,11H2,1H3. The number of halogens is 1. The van der Waals surface area contributed by atoms with Crippen LogP contribution in [0.1, 0.15) is 12.5 Å². The number of hydrogen-bond acceptors (Lipinski definition) is 2. The van der Waals surface area contributed by atoms with E-state index in [2.05, 4.69) is 0 Å². The summed E-state index contributed by atoms with van der Waals surface area (Å²) < 4.78 is 13.5. The first-order chi connectivity index (χ1) is 5.56. The van der Waals surface area contributed by atoms with E-state index in [1.54, 1.807) is 0 Å². The van der Waals surface area contributed by atoms with Gasteiger partial charge in [0, 0.05) is 6.54 Å². The zero-order valence-electron chi connectivity index (χ0n) is 6.92. The minimum Gasteiger partial charge on any atom is -0.508 e. The SMILES string of the molecule is CC(F)(CN)c1ccc(O)cc1. The van der Waals surface area contributed by atoms with E-state index in [-0.39, 0.29) is 12.3 Å². The van der Waals surface area contributed by atoms with Gasteiger partial charge < -0.3 is 10.8 Å². The van der Waals surface area contributed by atoms with E-state index in [1.807, 2.05) is 0 Å². The highest BCUT2D eigenvalue weighted by atomic mass is 19.1. The van der Waals surface area contributed by atoms with Crippen molar-refractivity contribution in [2.45, 2.75) is 12.6 Å². The summed E-state index contributed by atoms with van der Waals surface area (Å²) in [5.74, 6) is 0.131. The van der Waals surface area contributed by atoms with Gasteiger partial charge in [0.1, 0.15) is 11.4 Å². The van der Waals surface area contributed by atoms with Gasteiger partial charge in [-0.1, -0.05) is 12.1 Å². The highest BCUT2D eigenvalue weighted by Crippen LogP contribution is 2.25. The summed E-state index contributed by atoms with van der Waals surface area (Å²) in [6, 6.07) is 5.95. The summed E-state index contributed by atoms with van der Waals surface area (Å²) in [5, 5.41) is 8.94. The maximum atomic E-state index is 13.5. The molecule has 2 nitrogen and oxygen atoms in total. The molecular formula is C9H12FNO. The topological polar surface area (TPSA) is 46.2 Å². The van der Waals surface area contributed by atoms with E-state index < -0.39 is 5.67 Å². The van der Waals surface area contributed by atoms with E-state index in [0.717, 1.165) is 0 Å². The molecule has 3 heteroatoms. The highest BCUT2D eigenvalue weighted by Gasteiger charge is 2.23. The quantitative estimate of drug-likeness (QED) is 0.705. The Hall–Kier alpha value is -1.09. The lowest BCUT2D eigenvalue weighted by Gasteiger charge is -2.17. The van der Waals surface area contributed by atoms with Gasteiger partial charge >= 0.3 is 0 Å². The lowest BCUT2D eigenvalue weighted by molar-refractivity contribution is 0.203. The third kappa shape index (κ3) is 1.74. The van der Waals surface area contributed by atoms with Crippen molar-refractivity contribution in [3.05, 3.63) is 29.8 Å². The number of rotatable bonds is 2. The van der Waals surface area contributed by atoms with Gasteiger partial charge in [-0.15, -0.1) is 0 Å². The Balaban J connectivity index is 2.96. The molecule has 0 radical (unpaired) electrons. The molecular weight excluding hydrogens is 157 g/mol. The van der Waals surface area contributed by atoms with Crippen LogP contribution < -0.4 is 5.73 Å². The molecule has 1 unspecified atom stereocenters. The zero-order valence-corrected chi connectivity index (χ0v) is 6.92. The van der Waals surface area contributed by atoms with Crippen molar-refractivity contribution in [3.63, 3.8) is 0 Å². The predicted molar refractivity (Wildman–Crippen MR) is 45.6 cm³/mol. The van der Waals surface area contributed by atoms with Crippen LogP contribution in [0.2, 0.25) is 0 Å². The molecule has 1 atom stereocenters. The fourth-order valence-corrected chi connectivity index (χ4v) is 0.927. The molecule has 0 aliphatic carbocycles. The van der Waals surface area contributed by atoms with Crippen molar-refractivity contribution in [2.24, 2.45) is 5.73 Å². The van der Waals surface area contributed by atoms with E-state index in [0.29, 0.717) is 5.56 Å². The van der Waals surface area contributed by atoms with Gasteiger partial charge in [0.25, 0.3) is 0 Å². The van der Waals surface area contributed by atoms with Crippen LogP contribution in [0, 0.1) is 0 Å². The van der Waals surface area contributed by atoms with Gasteiger partial charge in [-0.25, -0.2) is 4.39 Å². The minimum atomic E-state index is -1.51. The molecule has 1 aromatic carbocycles. The zero-order chi connectivity index (χ0) is 9.19. The lowest BCUT2D eigenvalue weighted by Crippen LogP contribution is -2.26. The third-order valence-corrected chi connectivity index (χ3v) is 1.85. The van der Waals surface area contributed by atoms with Crippen LogP contribution in [0.4, 0.5) is 4.39 Å². The Morgan fingerprint density at radius 3 is 2.33 bits per heavy atom. The summed E-state index contributed by atoms with van der Waals surface area (Å²) in [7, 11) is 0. The van der Waals surface area contributed by atoms with Crippen molar-refractivity contribution in [3.8, 4) is 5.75 Å². The van der Waals surface area contributed by atoms with E-state index >= 15 is 0 Å². The first-order valence-corrected chi connectivity index (χ1v) is 3.75. The molecule has 0 saturated carbocycles. The van der Waals surface area contributed by atoms with Gasteiger partial charge in [-0.3, -0.25) is 0 Å². The molecule has 0 saturated heterocycles. The van der Waals surface area contributed by atoms with Crippen molar-refractivity contribution in [2.75, 3.05) is 6.54 Å². The van der Waals surface area contributed by atoms with Crippen molar-refractivity contribution in [1.29, 1.82) is 0 Å². The molecule has 1 aromatic rings. The fraction of sp³-hybridized carbons (Fsp3) is 0.333. The third-order valence-electron chi connectivity index (χ3n) is 1.85. The first kappa shape index (κ1) is 9.00. The average Bonchev–Trinajstić information content (AvgIpc) is 2.05. The molecule has 0 heterocycles. The van der Waals surface area contributed by atoms with E-state index in [1.165, 1.54) is 31.2 Å². The monoisotopic (exact) mass is 169 g/mol. The predicted octanol–water partition coefficient (Wildman–Crippen LogP) is 1.54. The number of nitrogens with two attached hydrogens (primary N) is 1. The van der Waals surface area contributed by atoms with Crippen LogP contribution in [0.3, 0.4) is 0 Å². The second-order valence-corrected chi connectivity index (χ2v) is 2.95. The highest BCUT2D eigenvalue weighted by molar-refractivity contribution is 5.29. The lowest BCUT2D eigenvalue weighted by atomic mass is 9.98. The Labute approximate surface area is 70.8 Å². The molecule has 0 fully saturated rings. The Kier molecular flexibility index (Phi) is 2.33. The number of hydrogen-bond donors (Lipinski definition) is 2. The van der Waals surface area contributed by atoms with Crippen LogP contribution in [0.5, 0.6) is 5.75 Å². The van der Waals surface area contributed by atoms with Crippen LogP contribution in [0.25, 0.3) is 0 Å². The van der Waals surface area contributed by atoms with Crippen LogP contribution in [-0.4, -0.2) is 11.7 Å². The van der Waals surface area contributed by atoms with Gasteiger partial charge in [0.2, 0.25) is 0 Å². The maximum absolute atomic E-state index is 13.5. The fourth-order valence-electron chi connectivity index (χ4n) is 0.927. The maximum Gasteiger partial charge on any atom is 0.145 e. The number of aromatic hydroxyl groups is 1. The molecule has 1 rings (SSSR count). The number of benzene rings is 1. The summed E-state index contributed by atoms with van der Waals surface area (Å²) in [4.78, 5) is 0. The largest absolute Gasteiger partial charge is 0.508 e. The molecule has 0 aliphatic heterocycles. The Bertz CT molecular complexity index is 256. The van der Waals surface area contributed by atoms with Crippen molar-refractivity contribution >= 4 is 0 Å². The second-order valence-electron chi connectivity index (χ2n) is 2.95. The van der Waals surface area contributed by atoms with Crippen molar-refractivity contribution < 1.29 is 9.50 Å². The van der Waals surface area contributed by atoms with Crippen LogP contribution in [0.15, 0.2) is 24.3 Å². The molecule has 0 aliphatic rings. The Morgan fingerprint density at radius 2 is 1.92 bits per heavy atom.